The molecular weight excluding hydrogens is 284 g/mol. The number of aromatic hydroxyl groups is 1. The van der Waals surface area contributed by atoms with E-state index in [1.54, 1.807) is 12.1 Å². The van der Waals surface area contributed by atoms with E-state index in [9.17, 15) is 9.90 Å². The largest absolute Gasteiger partial charge is 0.508 e. The van der Waals surface area contributed by atoms with Gasteiger partial charge in [-0.05, 0) is 36.2 Å². The van der Waals surface area contributed by atoms with Gasteiger partial charge in [0.15, 0.2) is 5.78 Å². The second-order valence-corrected chi connectivity index (χ2v) is 4.73. The smallest absolute Gasteiger partial charge is 0.170 e. The van der Waals surface area contributed by atoms with Gasteiger partial charge in [0, 0.05) is 17.4 Å². The van der Waals surface area contributed by atoms with E-state index in [1.807, 2.05) is 44.2 Å². The summed E-state index contributed by atoms with van der Waals surface area (Å²) in [6.07, 6.45) is 0.602. The quantitative estimate of drug-likeness (QED) is 0.622. The van der Waals surface area contributed by atoms with Gasteiger partial charge >= 0.3 is 0 Å². The third-order valence-corrected chi connectivity index (χ3v) is 3.29. The van der Waals surface area contributed by atoms with Crippen LogP contribution in [0, 0.1) is 0 Å². The second-order valence-electron chi connectivity index (χ2n) is 4.35. The van der Waals surface area contributed by atoms with Crippen LogP contribution in [0.25, 0.3) is 0 Å². The summed E-state index contributed by atoms with van der Waals surface area (Å²) in [6, 6.07) is 16.0. The van der Waals surface area contributed by atoms with Crippen molar-refractivity contribution in [3.63, 3.8) is 0 Å². The summed E-state index contributed by atoms with van der Waals surface area (Å²) in [5.74, 6) is 0.392. The summed E-state index contributed by atoms with van der Waals surface area (Å²) < 4.78 is 0. The van der Waals surface area contributed by atoms with Crippen LogP contribution >= 0.6 is 11.6 Å². The number of halogens is 1. The molecule has 0 aliphatic carbocycles. The lowest BCUT2D eigenvalue weighted by Crippen LogP contribution is -2.13. The molecule has 0 aliphatic heterocycles. The zero-order valence-electron chi connectivity index (χ0n) is 12.4. The maximum absolute atomic E-state index is 12.5. The van der Waals surface area contributed by atoms with E-state index in [4.69, 9.17) is 11.6 Å². The highest BCUT2D eigenvalue weighted by Crippen LogP contribution is 2.25. The fourth-order valence-corrected chi connectivity index (χ4v) is 2.29. The molecule has 3 heteroatoms. The average Bonchev–Trinajstić information content (AvgIpc) is 2.55. The van der Waals surface area contributed by atoms with Gasteiger partial charge in [-0.15, -0.1) is 11.6 Å². The molecule has 2 rings (SSSR count). The van der Waals surface area contributed by atoms with Gasteiger partial charge in [0.25, 0.3) is 0 Å². The summed E-state index contributed by atoms with van der Waals surface area (Å²) in [4.78, 5) is 12.5. The molecule has 21 heavy (non-hydrogen) atoms. The Kier molecular flexibility index (Phi) is 7.55. The van der Waals surface area contributed by atoms with Crippen LogP contribution < -0.4 is 0 Å². The number of phenolic OH excluding ortho intramolecular Hbond substituents is 1. The van der Waals surface area contributed by atoms with Crippen molar-refractivity contribution in [1.82, 2.24) is 0 Å². The molecule has 1 N–H and O–H groups in total. The van der Waals surface area contributed by atoms with E-state index >= 15 is 0 Å². The van der Waals surface area contributed by atoms with Gasteiger partial charge in [-0.1, -0.05) is 44.2 Å². The number of alkyl halides is 1. The summed E-state index contributed by atoms with van der Waals surface area (Å²) >= 11 is 5.81. The maximum Gasteiger partial charge on any atom is 0.170 e. The molecule has 0 aromatic heterocycles. The third kappa shape index (κ3) is 4.91. The van der Waals surface area contributed by atoms with E-state index < -0.39 is 0 Å². The lowest BCUT2D eigenvalue weighted by Gasteiger charge is -2.15. The van der Waals surface area contributed by atoms with Gasteiger partial charge in [0.05, 0.1) is 0 Å². The number of carbonyl (C=O) groups is 1. The first-order valence-electron chi connectivity index (χ1n) is 7.16. The summed E-state index contributed by atoms with van der Waals surface area (Å²) in [6.45, 7) is 4.00. The molecule has 2 aromatic carbocycles. The van der Waals surface area contributed by atoms with Crippen LogP contribution in [-0.4, -0.2) is 16.8 Å². The predicted octanol–water partition coefficient (Wildman–Crippen LogP) is 5.01. The Hall–Kier alpha value is -1.80. The van der Waals surface area contributed by atoms with Crippen LogP contribution in [0.3, 0.4) is 0 Å². The number of phenols is 1. The molecule has 0 aliphatic rings. The highest BCUT2D eigenvalue weighted by atomic mass is 35.5. The van der Waals surface area contributed by atoms with E-state index in [1.165, 1.54) is 12.1 Å². The Balaban J connectivity index is 0.00000106. The molecule has 1 atom stereocenters. The van der Waals surface area contributed by atoms with Crippen molar-refractivity contribution in [1.29, 1.82) is 0 Å². The Morgan fingerprint density at radius 3 is 2.14 bits per heavy atom. The molecule has 0 fully saturated rings. The lowest BCUT2D eigenvalue weighted by atomic mass is 9.88. The molecule has 0 saturated carbocycles. The predicted molar refractivity (Wildman–Crippen MR) is 88.3 cm³/mol. The van der Waals surface area contributed by atoms with Crippen molar-refractivity contribution in [2.45, 2.75) is 26.2 Å². The number of rotatable bonds is 5. The van der Waals surface area contributed by atoms with Gasteiger partial charge in [0.1, 0.15) is 5.75 Å². The minimum atomic E-state index is -0.233. The first kappa shape index (κ1) is 17.3. The molecule has 0 amide bonds. The van der Waals surface area contributed by atoms with E-state index in [-0.39, 0.29) is 17.5 Å². The molecule has 0 spiro atoms. The normalized spacial score (nSPS) is 11.2. The molecule has 0 heterocycles. The van der Waals surface area contributed by atoms with Gasteiger partial charge < -0.3 is 5.11 Å². The second kappa shape index (κ2) is 9.19. The van der Waals surface area contributed by atoms with Gasteiger partial charge in [-0.2, -0.15) is 0 Å². The van der Waals surface area contributed by atoms with Crippen molar-refractivity contribution in [3.05, 3.63) is 65.7 Å². The summed E-state index contributed by atoms with van der Waals surface area (Å²) in [5.41, 5.74) is 1.57. The van der Waals surface area contributed by atoms with Crippen LogP contribution in [0.4, 0.5) is 0 Å². The number of carbonyl (C=O) groups excluding carboxylic acids is 1. The fraction of sp³-hybridized carbons (Fsp3) is 0.278. The number of hydrogen-bond donors (Lipinski definition) is 1. The monoisotopic (exact) mass is 304 g/mol. The lowest BCUT2D eigenvalue weighted by molar-refractivity contribution is 0.0957. The van der Waals surface area contributed by atoms with Crippen molar-refractivity contribution in [2.75, 3.05) is 5.88 Å². The minimum Gasteiger partial charge on any atom is -0.508 e. The number of hydrogen-bond acceptors (Lipinski definition) is 2. The van der Waals surface area contributed by atoms with Crippen molar-refractivity contribution < 1.29 is 9.90 Å². The van der Waals surface area contributed by atoms with Crippen LogP contribution in [0.2, 0.25) is 0 Å². The SMILES string of the molecule is CC.O=C(c1ccc(O)cc1)C(CCCl)c1ccccc1. The van der Waals surface area contributed by atoms with Crippen molar-refractivity contribution in [3.8, 4) is 5.75 Å². The van der Waals surface area contributed by atoms with Gasteiger partial charge in [0.2, 0.25) is 0 Å². The Bertz CT molecular complexity index is 535. The zero-order valence-corrected chi connectivity index (χ0v) is 13.2. The summed E-state index contributed by atoms with van der Waals surface area (Å²) in [7, 11) is 0. The van der Waals surface area contributed by atoms with Crippen molar-refractivity contribution in [2.24, 2.45) is 0 Å². The number of ketones is 1. The molecule has 0 bridgehead atoms. The van der Waals surface area contributed by atoms with Crippen LogP contribution in [-0.2, 0) is 0 Å². The maximum atomic E-state index is 12.5. The average molecular weight is 305 g/mol. The Labute approximate surface area is 131 Å². The van der Waals surface area contributed by atoms with Crippen molar-refractivity contribution >= 4 is 17.4 Å². The van der Waals surface area contributed by atoms with E-state index in [2.05, 4.69) is 0 Å². The third-order valence-electron chi connectivity index (χ3n) is 3.07. The molecular formula is C18H21ClO2. The minimum absolute atomic E-state index is 0.0341. The van der Waals surface area contributed by atoms with E-state index in [0.29, 0.717) is 17.9 Å². The standard InChI is InChI=1S/C16H15ClO2.C2H6/c17-11-10-15(12-4-2-1-3-5-12)16(19)13-6-8-14(18)9-7-13;1-2/h1-9,15,18H,10-11H2;1-2H3. The first-order valence-corrected chi connectivity index (χ1v) is 7.70. The zero-order chi connectivity index (χ0) is 15.7. The molecule has 1 unspecified atom stereocenters. The molecule has 0 saturated heterocycles. The highest BCUT2D eigenvalue weighted by Gasteiger charge is 2.21. The fourth-order valence-electron chi connectivity index (χ4n) is 2.07. The molecule has 2 nitrogen and oxygen atoms in total. The van der Waals surface area contributed by atoms with Crippen LogP contribution in [0.1, 0.15) is 42.1 Å². The van der Waals surface area contributed by atoms with Crippen LogP contribution in [0.5, 0.6) is 5.75 Å². The Morgan fingerprint density at radius 1 is 1.05 bits per heavy atom. The van der Waals surface area contributed by atoms with Gasteiger partial charge in [-0.25, -0.2) is 0 Å². The molecule has 2 aromatic rings. The summed E-state index contributed by atoms with van der Waals surface area (Å²) in [5, 5.41) is 9.27. The molecule has 112 valence electrons. The number of benzene rings is 2. The number of Topliss-reactive ketones (excluding diaryl/α,β-unsaturated/α-hetero) is 1. The topological polar surface area (TPSA) is 37.3 Å². The van der Waals surface area contributed by atoms with Gasteiger partial charge in [-0.3, -0.25) is 4.79 Å². The first-order chi connectivity index (χ1) is 10.2. The van der Waals surface area contributed by atoms with Crippen LogP contribution in [0.15, 0.2) is 54.6 Å². The highest BCUT2D eigenvalue weighted by molar-refractivity contribution is 6.18. The Morgan fingerprint density at radius 2 is 1.62 bits per heavy atom. The molecule has 0 radical (unpaired) electrons. The van der Waals surface area contributed by atoms with E-state index in [0.717, 1.165) is 5.56 Å².